The number of rotatable bonds is 9. The first-order valence-electron chi connectivity index (χ1n) is 12.0. The van der Waals surface area contributed by atoms with E-state index in [4.69, 9.17) is 0 Å². The lowest BCUT2D eigenvalue weighted by Gasteiger charge is -2.29. The summed E-state index contributed by atoms with van der Waals surface area (Å²) in [5.41, 5.74) is 1.45. The quantitative estimate of drug-likeness (QED) is 0.360. The Kier molecular flexibility index (Phi) is 11.3. The molecule has 2 nitrogen and oxygen atoms in total. The Morgan fingerprint density at radius 3 is 2.15 bits per heavy atom. The van der Waals surface area contributed by atoms with Crippen molar-refractivity contribution < 1.29 is 18.0 Å². The second kappa shape index (κ2) is 13.7. The fourth-order valence-electron chi connectivity index (χ4n) is 4.12. The minimum atomic E-state index is -4.22. The van der Waals surface area contributed by atoms with Crippen LogP contribution in [0.25, 0.3) is 0 Å². The van der Waals surface area contributed by atoms with Gasteiger partial charge in [0, 0.05) is 11.4 Å². The Morgan fingerprint density at radius 2 is 1.58 bits per heavy atom. The summed E-state index contributed by atoms with van der Waals surface area (Å²) in [6.07, 6.45) is 4.11. The number of fused-ring (bicyclic) bond motifs is 1. The zero-order valence-electron chi connectivity index (χ0n) is 20.0. The number of hydrogen-bond acceptors (Lipinski definition) is 2. The molecule has 0 fully saturated rings. The van der Waals surface area contributed by atoms with Crippen molar-refractivity contribution in [2.75, 3.05) is 17.2 Å². The maximum absolute atomic E-state index is 12.2. The number of para-hydroxylation sites is 1. The summed E-state index contributed by atoms with van der Waals surface area (Å²) >= 11 is 1.67. The molecule has 0 unspecified atom stereocenters. The third-order valence-electron chi connectivity index (χ3n) is 5.89. The summed E-state index contributed by atoms with van der Waals surface area (Å²) < 4.78 is 36.1. The van der Waals surface area contributed by atoms with Gasteiger partial charge in [0.1, 0.15) is 0 Å². The van der Waals surface area contributed by atoms with E-state index in [-0.39, 0.29) is 5.91 Å². The zero-order valence-corrected chi connectivity index (χ0v) is 20.8. The molecule has 0 radical (unpaired) electrons. The van der Waals surface area contributed by atoms with Crippen LogP contribution in [0.1, 0.15) is 70.4 Å². The largest absolute Gasteiger partial charge is 0.416 e. The van der Waals surface area contributed by atoms with Crippen LogP contribution >= 0.6 is 11.8 Å². The Balaban J connectivity index is 0.000000273. The van der Waals surface area contributed by atoms with Crippen molar-refractivity contribution in [1.82, 2.24) is 0 Å². The molecule has 0 saturated carbocycles. The van der Waals surface area contributed by atoms with Crippen molar-refractivity contribution in [3.8, 4) is 0 Å². The summed E-state index contributed by atoms with van der Waals surface area (Å²) in [5.74, 6) is 1.69. The lowest BCUT2D eigenvalue weighted by Crippen LogP contribution is -2.36. The maximum Gasteiger partial charge on any atom is 0.416 e. The predicted molar refractivity (Wildman–Crippen MR) is 133 cm³/mol. The van der Waals surface area contributed by atoms with E-state index in [1.165, 1.54) is 49.1 Å². The summed E-state index contributed by atoms with van der Waals surface area (Å²) in [6, 6.07) is 13.5. The molecule has 182 valence electrons. The van der Waals surface area contributed by atoms with Crippen LogP contribution in [-0.2, 0) is 17.4 Å². The first-order chi connectivity index (χ1) is 15.8. The highest BCUT2D eigenvalue weighted by Gasteiger charge is 2.29. The number of hydrogen-bond donors (Lipinski definition) is 0. The first kappa shape index (κ1) is 27.3. The average Bonchev–Trinajstić information content (AvgIpc) is 2.80. The van der Waals surface area contributed by atoms with Crippen LogP contribution in [0.15, 0.2) is 53.4 Å². The third kappa shape index (κ3) is 8.73. The minimum Gasteiger partial charge on any atom is -0.311 e. The standard InChI is InChI=1S/C18H27NOS.C9H9F3/c1-3-8-15(9-4-2)10-7-13-19-16-11-5-6-12-17(16)21-14-18(19)20;1-2-7-3-5-8(6-4-7)9(10,11)12/h5-6,11-12,15H,3-4,7-10,13-14H2,1-2H3;3-6H,2H2,1H3. The molecule has 1 heterocycles. The monoisotopic (exact) mass is 479 g/mol. The molecule has 0 spiro atoms. The number of anilines is 1. The molecule has 2 aromatic rings. The number of halogens is 3. The Labute approximate surface area is 201 Å². The van der Waals surface area contributed by atoms with Gasteiger partial charge >= 0.3 is 6.18 Å². The normalized spacial score (nSPS) is 13.5. The molecule has 1 amide bonds. The number of carbonyl (C=O) groups is 1. The van der Waals surface area contributed by atoms with E-state index in [1.54, 1.807) is 11.8 Å². The van der Waals surface area contributed by atoms with Crippen LogP contribution < -0.4 is 4.90 Å². The van der Waals surface area contributed by atoms with Gasteiger partial charge in [-0.15, -0.1) is 11.8 Å². The van der Waals surface area contributed by atoms with Crippen molar-refractivity contribution in [3.05, 3.63) is 59.7 Å². The van der Waals surface area contributed by atoms with Crippen molar-refractivity contribution >= 4 is 23.4 Å². The lowest BCUT2D eigenvalue weighted by atomic mass is 9.93. The second-order valence-corrected chi connectivity index (χ2v) is 9.45. The van der Waals surface area contributed by atoms with Crippen LogP contribution in [0, 0.1) is 5.92 Å². The van der Waals surface area contributed by atoms with Gasteiger partial charge < -0.3 is 4.90 Å². The number of thioether (sulfide) groups is 1. The number of amides is 1. The Bertz CT molecular complexity index is 845. The number of nitrogens with zero attached hydrogens (tertiary/aromatic N) is 1. The minimum absolute atomic E-state index is 0.265. The van der Waals surface area contributed by atoms with Gasteiger partial charge in [-0.1, -0.05) is 70.7 Å². The van der Waals surface area contributed by atoms with E-state index in [0.29, 0.717) is 5.75 Å². The van der Waals surface area contributed by atoms with Gasteiger partial charge in [-0.2, -0.15) is 13.2 Å². The maximum atomic E-state index is 12.2. The summed E-state index contributed by atoms with van der Waals surface area (Å²) in [5, 5.41) is 0. The van der Waals surface area contributed by atoms with Gasteiger partial charge in [-0.25, -0.2) is 0 Å². The van der Waals surface area contributed by atoms with E-state index in [2.05, 4.69) is 32.0 Å². The molecule has 0 aromatic heterocycles. The highest BCUT2D eigenvalue weighted by Crippen LogP contribution is 2.35. The van der Waals surface area contributed by atoms with Gasteiger partial charge in [-0.3, -0.25) is 4.79 Å². The van der Waals surface area contributed by atoms with Gasteiger partial charge in [-0.05, 0) is 55.0 Å². The van der Waals surface area contributed by atoms with E-state index < -0.39 is 11.7 Å². The zero-order chi connectivity index (χ0) is 24.3. The van der Waals surface area contributed by atoms with Crippen molar-refractivity contribution in [3.63, 3.8) is 0 Å². The van der Waals surface area contributed by atoms with Crippen molar-refractivity contribution in [1.29, 1.82) is 0 Å². The van der Waals surface area contributed by atoms with Crippen LogP contribution in [0.5, 0.6) is 0 Å². The van der Waals surface area contributed by atoms with Gasteiger partial charge in [0.2, 0.25) is 5.91 Å². The summed E-state index contributed by atoms with van der Waals surface area (Å²) in [4.78, 5) is 15.4. The van der Waals surface area contributed by atoms with Crippen molar-refractivity contribution in [2.45, 2.75) is 76.8 Å². The number of aryl methyl sites for hydroxylation is 1. The number of alkyl halides is 3. The molecule has 0 N–H and O–H groups in total. The fourth-order valence-corrected chi connectivity index (χ4v) is 5.05. The molecule has 0 bridgehead atoms. The van der Waals surface area contributed by atoms with E-state index in [1.807, 2.05) is 17.9 Å². The van der Waals surface area contributed by atoms with E-state index in [9.17, 15) is 18.0 Å². The van der Waals surface area contributed by atoms with Crippen LogP contribution in [0.2, 0.25) is 0 Å². The molecular formula is C27H36F3NOS. The topological polar surface area (TPSA) is 20.3 Å². The second-order valence-electron chi connectivity index (χ2n) is 8.44. The van der Waals surface area contributed by atoms with Crippen LogP contribution in [0.3, 0.4) is 0 Å². The molecule has 1 aliphatic rings. The molecule has 3 rings (SSSR count). The molecule has 33 heavy (non-hydrogen) atoms. The lowest BCUT2D eigenvalue weighted by molar-refractivity contribution is -0.137. The highest BCUT2D eigenvalue weighted by molar-refractivity contribution is 8.00. The highest BCUT2D eigenvalue weighted by atomic mass is 32.2. The van der Waals surface area contributed by atoms with Crippen LogP contribution in [0.4, 0.5) is 18.9 Å². The molecule has 0 aliphatic carbocycles. The van der Waals surface area contributed by atoms with E-state index in [0.717, 1.165) is 48.7 Å². The van der Waals surface area contributed by atoms with Crippen molar-refractivity contribution in [2.24, 2.45) is 5.92 Å². The SMILES string of the molecule is CCCC(CCC)CCCN1C(=O)CSc2ccccc21.CCc1ccc(C(F)(F)F)cc1. The molecule has 0 saturated heterocycles. The molecule has 2 aromatic carbocycles. The number of benzene rings is 2. The first-order valence-corrected chi connectivity index (χ1v) is 13.0. The Hall–Kier alpha value is -1.95. The van der Waals surface area contributed by atoms with Gasteiger partial charge in [0.15, 0.2) is 0 Å². The molecular weight excluding hydrogens is 443 g/mol. The smallest absolute Gasteiger partial charge is 0.311 e. The van der Waals surface area contributed by atoms with Gasteiger partial charge in [0.25, 0.3) is 0 Å². The summed E-state index contributed by atoms with van der Waals surface area (Å²) in [6.45, 7) is 7.32. The van der Waals surface area contributed by atoms with Crippen LogP contribution in [-0.4, -0.2) is 18.2 Å². The summed E-state index contributed by atoms with van der Waals surface area (Å²) in [7, 11) is 0. The Morgan fingerprint density at radius 1 is 0.939 bits per heavy atom. The number of carbonyl (C=O) groups excluding carboxylic acids is 1. The molecule has 1 aliphatic heterocycles. The fraction of sp³-hybridized carbons (Fsp3) is 0.519. The van der Waals surface area contributed by atoms with Gasteiger partial charge in [0.05, 0.1) is 17.0 Å². The average molecular weight is 480 g/mol. The predicted octanol–water partition coefficient (Wildman–Crippen LogP) is 8.39. The molecule has 6 heteroatoms. The third-order valence-corrected chi connectivity index (χ3v) is 6.93. The van der Waals surface area contributed by atoms with E-state index >= 15 is 0 Å². The molecule has 0 atom stereocenters.